The van der Waals surface area contributed by atoms with E-state index in [0.717, 1.165) is 37.8 Å². The number of hydrogen-bond donors (Lipinski definition) is 1. The van der Waals surface area contributed by atoms with Crippen molar-refractivity contribution in [2.24, 2.45) is 11.8 Å². The van der Waals surface area contributed by atoms with Gasteiger partial charge in [0.25, 0.3) is 0 Å². The average molecular weight is 273 g/mol. The molecular formula is C16H19NO3. The number of pyridine rings is 1. The zero-order chi connectivity index (χ0) is 14.1. The first-order chi connectivity index (χ1) is 9.65. The fourth-order valence-corrected chi connectivity index (χ4v) is 3.76. The van der Waals surface area contributed by atoms with Crippen LogP contribution in [-0.2, 0) is 4.79 Å². The molecule has 1 aromatic heterocycles. The molecule has 0 bridgehead atoms. The van der Waals surface area contributed by atoms with E-state index in [1.165, 1.54) is 12.5 Å². The van der Waals surface area contributed by atoms with Crippen LogP contribution in [0.3, 0.4) is 0 Å². The summed E-state index contributed by atoms with van der Waals surface area (Å²) < 4.78 is 0. The monoisotopic (exact) mass is 273 g/mol. The van der Waals surface area contributed by atoms with Gasteiger partial charge in [0, 0.05) is 24.0 Å². The van der Waals surface area contributed by atoms with E-state index in [9.17, 15) is 9.59 Å². The molecule has 3 rings (SSSR count). The first kappa shape index (κ1) is 13.3. The molecule has 3 unspecified atom stereocenters. The largest absolute Gasteiger partial charge is 0.477 e. The van der Waals surface area contributed by atoms with Crippen LogP contribution in [0, 0.1) is 11.8 Å². The summed E-state index contributed by atoms with van der Waals surface area (Å²) in [6.07, 6.45) is 5.86. The third-order valence-electron chi connectivity index (χ3n) is 4.81. The van der Waals surface area contributed by atoms with Crippen LogP contribution in [0.25, 0.3) is 0 Å². The van der Waals surface area contributed by atoms with Gasteiger partial charge >= 0.3 is 5.97 Å². The lowest BCUT2D eigenvalue weighted by molar-refractivity contribution is -0.128. The number of carbonyl (C=O) groups excluding carboxylic acids is 1. The molecule has 0 aromatic carbocycles. The number of Topliss-reactive ketones (excluding diaryl/α,β-unsaturated/α-hetero) is 1. The zero-order valence-electron chi connectivity index (χ0n) is 11.4. The number of ketones is 1. The summed E-state index contributed by atoms with van der Waals surface area (Å²) >= 11 is 0. The molecule has 0 spiro atoms. The molecule has 1 heterocycles. The third kappa shape index (κ3) is 2.47. The molecular weight excluding hydrogens is 254 g/mol. The van der Waals surface area contributed by atoms with Gasteiger partial charge in [-0.05, 0) is 50.2 Å². The highest BCUT2D eigenvalue weighted by atomic mass is 16.4. The Morgan fingerprint density at radius 2 is 2.10 bits per heavy atom. The molecule has 0 saturated heterocycles. The Morgan fingerprint density at radius 1 is 1.25 bits per heavy atom. The topological polar surface area (TPSA) is 67.3 Å². The minimum atomic E-state index is -0.991. The van der Waals surface area contributed by atoms with Crippen LogP contribution in [-0.4, -0.2) is 21.8 Å². The van der Waals surface area contributed by atoms with Crippen molar-refractivity contribution in [2.45, 2.75) is 44.4 Å². The first-order valence-corrected chi connectivity index (χ1v) is 7.38. The number of carboxylic acid groups (broad SMARTS) is 1. The lowest BCUT2D eigenvalue weighted by Crippen LogP contribution is -2.33. The predicted molar refractivity (Wildman–Crippen MR) is 73.6 cm³/mol. The molecule has 0 aliphatic heterocycles. The first-order valence-electron chi connectivity index (χ1n) is 7.38. The molecule has 1 aromatic rings. The normalized spacial score (nSPS) is 29.8. The van der Waals surface area contributed by atoms with Crippen molar-refractivity contribution in [3.8, 4) is 0 Å². The van der Waals surface area contributed by atoms with Crippen LogP contribution in [0.15, 0.2) is 18.2 Å². The van der Waals surface area contributed by atoms with Gasteiger partial charge in [-0.2, -0.15) is 0 Å². The van der Waals surface area contributed by atoms with E-state index in [-0.39, 0.29) is 17.5 Å². The maximum absolute atomic E-state index is 12.1. The fourth-order valence-electron chi connectivity index (χ4n) is 3.76. The Morgan fingerprint density at radius 3 is 2.90 bits per heavy atom. The second kappa shape index (κ2) is 5.35. The minimum Gasteiger partial charge on any atom is -0.477 e. The Balaban J connectivity index is 1.79. The Bertz CT molecular complexity index is 540. The summed E-state index contributed by atoms with van der Waals surface area (Å²) in [7, 11) is 0. The summed E-state index contributed by atoms with van der Waals surface area (Å²) in [5, 5.41) is 9.02. The number of carbonyl (C=O) groups is 2. The lowest BCUT2D eigenvalue weighted by atomic mass is 9.66. The van der Waals surface area contributed by atoms with Crippen molar-refractivity contribution in [1.82, 2.24) is 4.98 Å². The average Bonchev–Trinajstić information content (AvgIpc) is 2.47. The Hall–Kier alpha value is -1.71. The fraction of sp³-hybridized carbons (Fsp3) is 0.562. The zero-order valence-corrected chi connectivity index (χ0v) is 11.4. The molecule has 2 aliphatic carbocycles. The summed E-state index contributed by atoms with van der Waals surface area (Å²) in [6.45, 7) is 0. The molecule has 0 amide bonds. The highest BCUT2D eigenvalue weighted by Crippen LogP contribution is 2.44. The van der Waals surface area contributed by atoms with Crippen LogP contribution in [0.1, 0.15) is 60.6 Å². The highest BCUT2D eigenvalue weighted by molar-refractivity contribution is 5.85. The van der Waals surface area contributed by atoms with Gasteiger partial charge in [-0.3, -0.25) is 4.79 Å². The van der Waals surface area contributed by atoms with Crippen molar-refractivity contribution in [3.63, 3.8) is 0 Å². The van der Waals surface area contributed by atoms with Crippen LogP contribution >= 0.6 is 0 Å². The van der Waals surface area contributed by atoms with Crippen molar-refractivity contribution >= 4 is 11.8 Å². The van der Waals surface area contributed by atoms with Gasteiger partial charge in [-0.1, -0.05) is 6.07 Å². The smallest absolute Gasteiger partial charge is 0.354 e. The molecule has 2 fully saturated rings. The molecule has 3 atom stereocenters. The molecule has 1 N–H and O–H groups in total. The highest BCUT2D eigenvalue weighted by Gasteiger charge is 2.37. The molecule has 4 nitrogen and oxygen atoms in total. The second-order valence-corrected chi connectivity index (χ2v) is 5.99. The van der Waals surface area contributed by atoms with E-state index < -0.39 is 5.97 Å². The lowest BCUT2D eigenvalue weighted by Gasteiger charge is -2.38. The van der Waals surface area contributed by atoms with E-state index in [2.05, 4.69) is 4.98 Å². The van der Waals surface area contributed by atoms with Gasteiger partial charge in [0.05, 0.1) is 0 Å². The Kier molecular flexibility index (Phi) is 3.55. The van der Waals surface area contributed by atoms with E-state index in [1.807, 2.05) is 6.07 Å². The van der Waals surface area contributed by atoms with Gasteiger partial charge in [-0.15, -0.1) is 0 Å². The number of fused-ring (bicyclic) bond motifs is 1. The van der Waals surface area contributed by atoms with Crippen LogP contribution in [0.5, 0.6) is 0 Å². The van der Waals surface area contributed by atoms with Gasteiger partial charge in [0.1, 0.15) is 11.5 Å². The van der Waals surface area contributed by atoms with Gasteiger partial charge < -0.3 is 5.11 Å². The van der Waals surface area contributed by atoms with E-state index in [1.54, 1.807) is 6.07 Å². The SMILES string of the molecule is O=C(O)c1cccc(C2CCC3CCCC(=O)C3C2)n1. The maximum atomic E-state index is 12.1. The predicted octanol–water partition coefficient (Wildman–Crippen LogP) is 3.03. The van der Waals surface area contributed by atoms with Crippen LogP contribution < -0.4 is 0 Å². The quantitative estimate of drug-likeness (QED) is 0.899. The van der Waals surface area contributed by atoms with Crippen LogP contribution in [0.2, 0.25) is 0 Å². The number of hydrogen-bond acceptors (Lipinski definition) is 3. The number of rotatable bonds is 2. The van der Waals surface area contributed by atoms with Crippen LogP contribution in [0.4, 0.5) is 0 Å². The third-order valence-corrected chi connectivity index (χ3v) is 4.81. The van der Waals surface area contributed by atoms with Gasteiger partial charge in [0.15, 0.2) is 0 Å². The summed E-state index contributed by atoms with van der Waals surface area (Å²) in [5.41, 5.74) is 0.932. The maximum Gasteiger partial charge on any atom is 0.354 e. The van der Waals surface area contributed by atoms with E-state index in [4.69, 9.17) is 5.11 Å². The molecule has 2 saturated carbocycles. The van der Waals surface area contributed by atoms with Gasteiger partial charge in [0.2, 0.25) is 0 Å². The summed E-state index contributed by atoms with van der Waals surface area (Å²) in [4.78, 5) is 27.3. The molecule has 2 aliphatic rings. The van der Waals surface area contributed by atoms with Crippen molar-refractivity contribution < 1.29 is 14.7 Å². The molecule has 20 heavy (non-hydrogen) atoms. The summed E-state index contributed by atoms with van der Waals surface area (Å²) in [6, 6.07) is 5.16. The second-order valence-electron chi connectivity index (χ2n) is 5.99. The minimum absolute atomic E-state index is 0.0968. The van der Waals surface area contributed by atoms with Crippen molar-refractivity contribution in [1.29, 1.82) is 0 Å². The Labute approximate surface area is 118 Å². The summed E-state index contributed by atoms with van der Waals surface area (Å²) in [5.74, 6) is 0.375. The molecule has 0 radical (unpaired) electrons. The van der Waals surface area contributed by atoms with Crippen molar-refractivity contribution in [3.05, 3.63) is 29.6 Å². The van der Waals surface area contributed by atoms with E-state index >= 15 is 0 Å². The van der Waals surface area contributed by atoms with Crippen molar-refractivity contribution in [2.75, 3.05) is 0 Å². The van der Waals surface area contributed by atoms with E-state index in [0.29, 0.717) is 11.7 Å². The number of aromatic carboxylic acids is 1. The number of carboxylic acids is 1. The number of aromatic nitrogens is 1. The van der Waals surface area contributed by atoms with Gasteiger partial charge in [-0.25, -0.2) is 9.78 Å². The number of nitrogens with zero attached hydrogens (tertiary/aromatic N) is 1. The molecule has 4 heteroatoms. The molecule has 106 valence electrons. The standard InChI is InChI=1S/C16H19NO3/c18-15-6-1-3-10-7-8-11(9-12(10)15)13-4-2-5-14(17-13)16(19)20/h2,4-5,10-12H,1,3,6-9H2,(H,19,20).